The summed E-state index contributed by atoms with van der Waals surface area (Å²) < 4.78 is 29.7. The molecule has 6 heteroatoms. The van der Waals surface area contributed by atoms with Gasteiger partial charge in [0, 0.05) is 42.4 Å². The molecule has 1 saturated carbocycles. The van der Waals surface area contributed by atoms with Gasteiger partial charge in [0.1, 0.15) is 11.6 Å². The minimum absolute atomic E-state index is 0.0434. The summed E-state index contributed by atoms with van der Waals surface area (Å²) in [7, 11) is 0. The number of imidazole rings is 1. The van der Waals surface area contributed by atoms with Crippen molar-refractivity contribution in [1.82, 2.24) is 14.9 Å². The van der Waals surface area contributed by atoms with Crippen LogP contribution in [0.4, 0.5) is 8.78 Å². The first-order valence-electron chi connectivity index (χ1n) is 8.84. The van der Waals surface area contributed by atoms with E-state index < -0.39 is 17.2 Å². The maximum atomic E-state index is 14.4. The summed E-state index contributed by atoms with van der Waals surface area (Å²) in [6, 6.07) is 3.65. The number of nitrogens with one attached hydrogen (secondary N) is 1. The van der Waals surface area contributed by atoms with Gasteiger partial charge in [0.15, 0.2) is 0 Å². The van der Waals surface area contributed by atoms with Crippen LogP contribution in [0, 0.1) is 17.6 Å². The third-order valence-corrected chi connectivity index (χ3v) is 5.61. The highest BCUT2D eigenvalue weighted by molar-refractivity contribution is 5.80. The molecule has 132 valence electrons. The molecule has 1 aliphatic heterocycles. The molecule has 2 heterocycles. The number of carbonyl (C=O) groups is 1. The second-order valence-corrected chi connectivity index (χ2v) is 7.17. The van der Waals surface area contributed by atoms with Gasteiger partial charge in [-0.2, -0.15) is 0 Å². The maximum Gasteiger partial charge on any atom is 0.224 e. The lowest BCUT2D eigenvalue weighted by atomic mass is 9.86. The molecule has 2 aromatic rings. The zero-order chi connectivity index (χ0) is 17.4. The molecule has 1 N–H and O–H groups in total. The number of aryl methyl sites for hydroxylation is 1. The Bertz CT molecular complexity index is 796. The predicted octanol–water partition coefficient (Wildman–Crippen LogP) is 3.31. The number of fused-ring (bicyclic) bond motifs is 1. The Kier molecular flexibility index (Phi) is 4.06. The van der Waals surface area contributed by atoms with Crippen molar-refractivity contribution in [3.8, 4) is 0 Å². The SMILES string of the molecule is O=C(NC1(c2ccc(F)cc2F)CCCC1)[C@@H]1CCn2cncc2C1. The molecule has 1 aliphatic carbocycles. The normalized spacial score (nSPS) is 21.8. The van der Waals surface area contributed by atoms with Crippen molar-refractivity contribution in [1.29, 1.82) is 0 Å². The quantitative estimate of drug-likeness (QED) is 0.928. The minimum Gasteiger partial charge on any atom is -0.346 e. The van der Waals surface area contributed by atoms with Gasteiger partial charge in [0.2, 0.25) is 5.91 Å². The van der Waals surface area contributed by atoms with Gasteiger partial charge in [-0.25, -0.2) is 13.8 Å². The smallest absolute Gasteiger partial charge is 0.224 e. The second-order valence-electron chi connectivity index (χ2n) is 7.17. The number of hydrogen-bond acceptors (Lipinski definition) is 2. The highest BCUT2D eigenvalue weighted by Gasteiger charge is 2.40. The molecule has 0 unspecified atom stereocenters. The fraction of sp³-hybridized carbons (Fsp3) is 0.474. The molecule has 1 atom stereocenters. The standard InChI is InChI=1S/C19H21F2N3O/c20-14-3-4-16(17(21)10-14)19(6-1-2-7-19)23-18(25)13-5-8-24-12-22-11-15(24)9-13/h3-4,10-13H,1-2,5-9H2,(H,23,25)/t13-/m1/s1. The number of hydrogen-bond donors (Lipinski definition) is 1. The predicted molar refractivity (Wildman–Crippen MR) is 88.7 cm³/mol. The Morgan fingerprint density at radius 2 is 2.08 bits per heavy atom. The molecule has 0 radical (unpaired) electrons. The zero-order valence-electron chi connectivity index (χ0n) is 14.0. The van der Waals surface area contributed by atoms with Gasteiger partial charge < -0.3 is 9.88 Å². The van der Waals surface area contributed by atoms with Gasteiger partial charge in [0.05, 0.1) is 11.9 Å². The summed E-state index contributed by atoms with van der Waals surface area (Å²) in [5.74, 6) is -1.35. The van der Waals surface area contributed by atoms with Crippen LogP contribution in [-0.2, 0) is 23.3 Å². The molecule has 25 heavy (non-hydrogen) atoms. The van der Waals surface area contributed by atoms with Crippen molar-refractivity contribution in [2.45, 2.75) is 50.6 Å². The number of rotatable bonds is 3. The number of halogens is 2. The van der Waals surface area contributed by atoms with E-state index in [4.69, 9.17) is 0 Å². The Labute approximate surface area is 145 Å². The first-order valence-corrected chi connectivity index (χ1v) is 8.84. The molecule has 0 spiro atoms. The Balaban J connectivity index is 1.57. The van der Waals surface area contributed by atoms with Gasteiger partial charge in [-0.1, -0.05) is 18.9 Å². The van der Waals surface area contributed by atoms with Gasteiger partial charge in [0.25, 0.3) is 0 Å². The Hall–Kier alpha value is -2.24. The topological polar surface area (TPSA) is 46.9 Å². The fourth-order valence-electron chi connectivity index (χ4n) is 4.25. The first-order chi connectivity index (χ1) is 12.1. The van der Waals surface area contributed by atoms with E-state index in [2.05, 4.69) is 14.9 Å². The van der Waals surface area contributed by atoms with Crippen LogP contribution in [0.3, 0.4) is 0 Å². The van der Waals surface area contributed by atoms with E-state index in [-0.39, 0.29) is 11.8 Å². The summed E-state index contributed by atoms with van der Waals surface area (Å²) in [4.78, 5) is 17.0. The van der Waals surface area contributed by atoms with E-state index >= 15 is 0 Å². The first kappa shape index (κ1) is 16.2. The van der Waals surface area contributed by atoms with Crippen LogP contribution < -0.4 is 5.32 Å². The number of carbonyl (C=O) groups excluding carboxylic acids is 1. The van der Waals surface area contributed by atoms with Crippen LogP contribution in [0.15, 0.2) is 30.7 Å². The zero-order valence-corrected chi connectivity index (χ0v) is 14.0. The largest absolute Gasteiger partial charge is 0.346 e. The van der Waals surface area contributed by atoms with E-state index in [1.807, 2.05) is 0 Å². The van der Waals surface area contributed by atoms with Crippen LogP contribution in [0.2, 0.25) is 0 Å². The summed E-state index contributed by atoms with van der Waals surface area (Å²) >= 11 is 0. The number of benzene rings is 1. The molecule has 4 nitrogen and oxygen atoms in total. The fourth-order valence-corrected chi connectivity index (χ4v) is 4.25. The van der Waals surface area contributed by atoms with E-state index in [0.717, 1.165) is 37.6 Å². The third kappa shape index (κ3) is 2.94. The van der Waals surface area contributed by atoms with Crippen molar-refractivity contribution in [2.24, 2.45) is 5.92 Å². The van der Waals surface area contributed by atoms with Gasteiger partial charge >= 0.3 is 0 Å². The maximum absolute atomic E-state index is 14.4. The molecular formula is C19H21F2N3O. The van der Waals surface area contributed by atoms with Crippen molar-refractivity contribution < 1.29 is 13.6 Å². The average Bonchev–Trinajstić information content (AvgIpc) is 3.23. The lowest BCUT2D eigenvalue weighted by Gasteiger charge is -2.34. The number of aromatic nitrogens is 2. The van der Waals surface area contributed by atoms with Gasteiger partial charge in [-0.15, -0.1) is 0 Å². The third-order valence-electron chi connectivity index (χ3n) is 5.61. The molecule has 0 saturated heterocycles. The summed E-state index contributed by atoms with van der Waals surface area (Å²) in [5, 5.41) is 3.13. The summed E-state index contributed by atoms with van der Waals surface area (Å²) in [6.07, 6.45) is 8.20. The molecule has 4 rings (SSSR count). The van der Waals surface area contributed by atoms with Crippen LogP contribution >= 0.6 is 0 Å². The molecule has 1 amide bonds. The summed E-state index contributed by atoms with van der Waals surface area (Å²) in [6.45, 7) is 0.769. The molecule has 2 aliphatic rings. The van der Waals surface area contributed by atoms with Crippen molar-refractivity contribution >= 4 is 5.91 Å². The second kappa shape index (κ2) is 6.24. The van der Waals surface area contributed by atoms with Crippen LogP contribution in [0.1, 0.15) is 43.4 Å². The molecule has 1 aromatic carbocycles. The van der Waals surface area contributed by atoms with Crippen LogP contribution in [0.5, 0.6) is 0 Å². The molecule has 1 aromatic heterocycles. The minimum atomic E-state index is -0.716. The summed E-state index contributed by atoms with van der Waals surface area (Å²) in [5.41, 5.74) is 0.743. The monoisotopic (exact) mass is 345 g/mol. The van der Waals surface area contributed by atoms with Crippen molar-refractivity contribution in [3.05, 3.63) is 53.6 Å². The molecular weight excluding hydrogens is 324 g/mol. The number of nitrogens with zero attached hydrogens (tertiary/aromatic N) is 2. The van der Waals surface area contributed by atoms with Crippen LogP contribution in [0.25, 0.3) is 0 Å². The number of amides is 1. The van der Waals surface area contributed by atoms with Crippen LogP contribution in [-0.4, -0.2) is 15.5 Å². The van der Waals surface area contributed by atoms with Gasteiger partial charge in [-0.05, 0) is 25.3 Å². The Morgan fingerprint density at radius 3 is 2.84 bits per heavy atom. The lowest BCUT2D eigenvalue weighted by molar-refractivity contribution is -0.127. The average molecular weight is 345 g/mol. The van der Waals surface area contributed by atoms with E-state index in [0.29, 0.717) is 24.8 Å². The van der Waals surface area contributed by atoms with Gasteiger partial charge in [-0.3, -0.25) is 4.79 Å². The van der Waals surface area contributed by atoms with E-state index in [1.54, 1.807) is 12.5 Å². The van der Waals surface area contributed by atoms with E-state index in [9.17, 15) is 13.6 Å². The Morgan fingerprint density at radius 1 is 1.28 bits per heavy atom. The molecule has 0 bridgehead atoms. The van der Waals surface area contributed by atoms with E-state index in [1.165, 1.54) is 12.1 Å². The highest BCUT2D eigenvalue weighted by atomic mass is 19.1. The van der Waals surface area contributed by atoms with Crippen molar-refractivity contribution in [3.63, 3.8) is 0 Å². The van der Waals surface area contributed by atoms with Crippen molar-refractivity contribution in [2.75, 3.05) is 0 Å². The highest BCUT2D eigenvalue weighted by Crippen LogP contribution is 2.40. The molecule has 1 fully saturated rings. The lowest BCUT2D eigenvalue weighted by Crippen LogP contribution is -2.48.